The number of methoxy groups -OCH3 is 2. The van der Waals surface area contributed by atoms with Crippen molar-refractivity contribution in [1.82, 2.24) is 4.57 Å². The minimum atomic E-state index is -0.691. The number of thiazole rings is 1. The van der Waals surface area contributed by atoms with E-state index >= 15 is 0 Å². The van der Waals surface area contributed by atoms with Gasteiger partial charge in [-0.3, -0.25) is 9.36 Å². The summed E-state index contributed by atoms with van der Waals surface area (Å²) in [6.45, 7) is 7.63. The summed E-state index contributed by atoms with van der Waals surface area (Å²) in [4.78, 5) is 32.0. The largest absolute Gasteiger partial charge is 0.497 e. The first-order valence-electron chi connectivity index (χ1n) is 12.0. The number of esters is 1. The molecule has 2 heterocycles. The SMILES string of the molecule is CCOC(=O)C1=C(C)N=c2s/c(=C\c3ccc(OC)cc3OC)c(=O)n2[C@H]1c1ccc(OC(C)C)cc1. The third kappa shape index (κ3) is 5.32. The van der Waals surface area contributed by atoms with Crippen molar-refractivity contribution in [2.24, 2.45) is 4.99 Å². The van der Waals surface area contributed by atoms with Crippen molar-refractivity contribution in [2.45, 2.75) is 39.8 Å². The van der Waals surface area contributed by atoms with Crippen LogP contribution in [0.5, 0.6) is 17.2 Å². The van der Waals surface area contributed by atoms with Crippen molar-refractivity contribution < 1.29 is 23.7 Å². The molecule has 194 valence electrons. The van der Waals surface area contributed by atoms with Crippen LogP contribution in [0.25, 0.3) is 6.08 Å². The number of rotatable bonds is 8. The second-order valence-electron chi connectivity index (χ2n) is 8.65. The molecule has 0 amide bonds. The number of hydrogen-bond donors (Lipinski definition) is 0. The number of carbonyl (C=O) groups excluding carboxylic acids is 1. The van der Waals surface area contributed by atoms with Gasteiger partial charge in [-0.1, -0.05) is 23.5 Å². The van der Waals surface area contributed by atoms with Gasteiger partial charge in [0.15, 0.2) is 4.80 Å². The van der Waals surface area contributed by atoms with Crippen LogP contribution in [-0.4, -0.2) is 37.5 Å². The Morgan fingerprint density at radius 2 is 1.81 bits per heavy atom. The van der Waals surface area contributed by atoms with Crippen molar-refractivity contribution in [3.63, 3.8) is 0 Å². The van der Waals surface area contributed by atoms with Gasteiger partial charge in [0.1, 0.15) is 17.2 Å². The lowest BCUT2D eigenvalue weighted by molar-refractivity contribution is -0.139. The summed E-state index contributed by atoms with van der Waals surface area (Å²) in [5, 5.41) is 0. The molecule has 37 heavy (non-hydrogen) atoms. The van der Waals surface area contributed by atoms with Gasteiger partial charge in [-0.2, -0.15) is 0 Å². The lowest BCUT2D eigenvalue weighted by Gasteiger charge is -2.25. The predicted molar refractivity (Wildman–Crippen MR) is 142 cm³/mol. The highest BCUT2D eigenvalue weighted by Crippen LogP contribution is 2.32. The van der Waals surface area contributed by atoms with Crippen molar-refractivity contribution >= 4 is 23.4 Å². The van der Waals surface area contributed by atoms with Gasteiger partial charge in [-0.25, -0.2) is 9.79 Å². The number of fused-ring (bicyclic) bond motifs is 1. The second-order valence-corrected chi connectivity index (χ2v) is 9.65. The molecular formula is C28H30N2O6S. The molecule has 0 radical (unpaired) electrons. The predicted octanol–water partition coefficient (Wildman–Crippen LogP) is 3.60. The normalized spacial score (nSPS) is 15.3. The summed E-state index contributed by atoms with van der Waals surface area (Å²) in [7, 11) is 3.15. The highest BCUT2D eigenvalue weighted by Gasteiger charge is 2.33. The van der Waals surface area contributed by atoms with Gasteiger partial charge in [0.2, 0.25) is 0 Å². The summed E-state index contributed by atoms with van der Waals surface area (Å²) < 4.78 is 23.9. The maximum Gasteiger partial charge on any atom is 0.338 e. The number of aromatic nitrogens is 1. The first kappa shape index (κ1) is 26.2. The van der Waals surface area contributed by atoms with E-state index in [-0.39, 0.29) is 18.3 Å². The lowest BCUT2D eigenvalue weighted by Crippen LogP contribution is -2.39. The Bertz CT molecular complexity index is 1520. The summed E-state index contributed by atoms with van der Waals surface area (Å²) in [6, 6.07) is 12.1. The topological polar surface area (TPSA) is 88.4 Å². The highest BCUT2D eigenvalue weighted by molar-refractivity contribution is 7.07. The number of allylic oxidation sites excluding steroid dienone is 1. The smallest absolute Gasteiger partial charge is 0.338 e. The number of ether oxygens (including phenoxy) is 4. The zero-order valence-electron chi connectivity index (χ0n) is 21.7. The average Bonchev–Trinajstić information content (AvgIpc) is 3.18. The zero-order valence-corrected chi connectivity index (χ0v) is 22.5. The first-order chi connectivity index (χ1) is 17.8. The molecule has 0 aliphatic carbocycles. The Kier molecular flexibility index (Phi) is 7.83. The Morgan fingerprint density at radius 1 is 1.11 bits per heavy atom. The third-order valence-corrected chi connectivity index (χ3v) is 6.79. The van der Waals surface area contributed by atoms with Gasteiger partial charge in [0, 0.05) is 11.6 Å². The molecule has 0 saturated heterocycles. The van der Waals surface area contributed by atoms with Gasteiger partial charge in [0.25, 0.3) is 5.56 Å². The summed E-state index contributed by atoms with van der Waals surface area (Å²) >= 11 is 1.26. The Morgan fingerprint density at radius 3 is 2.43 bits per heavy atom. The van der Waals surface area contributed by atoms with Crippen LogP contribution < -0.4 is 29.1 Å². The van der Waals surface area contributed by atoms with Crippen LogP contribution >= 0.6 is 11.3 Å². The molecule has 0 unspecified atom stereocenters. The molecule has 2 aromatic carbocycles. The molecular weight excluding hydrogens is 492 g/mol. The fourth-order valence-corrected chi connectivity index (χ4v) is 5.22. The molecule has 8 nitrogen and oxygen atoms in total. The molecule has 0 bridgehead atoms. The molecule has 1 aliphatic heterocycles. The van der Waals surface area contributed by atoms with Gasteiger partial charge in [-0.15, -0.1) is 0 Å². The fraction of sp³-hybridized carbons (Fsp3) is 0.321. The summed E-state index contributed by atoms with van der Waals surface area (Å²) in [5.41, 5.74) is 2.06. The van der Waals surface area contributed by atoms with Crippen LogP contribution in [-0.2, 0) is 9.53 Å². The molecule has 4 rings (SSSR count). The van der Waals surface area contributed by atoms with Crippen molar-refractivity contribution in [3.05, 3.63) is 84.5 Å². The van der Waals surface area contributed by atoms with Gasteiger partial charge >= 0.3 is 5.97 Å². The molecule has 3 aromatic rings. The molecule has 9 heteroatoms. The van der Waals surface area contributed by atoms with Gasteiger partial charge in [0.05, 0.1) is 48.8 Å². The van der Waals surface area contributed by atoms with E-state index < -0.39 is 12.0 Å². The Labute approximate surface area is 219 Å². The monoisotopic (exact) mass is 522 g/mol. The standard InChI is InChI=1S/C28H30N2O6S/c1-7-35-27(32)24-17(4)29-28-30(25(24)18-8-11-20(12-9-18)36-16(2)3)26(31)23(37-28)14-19-10-13-21(33-5)15-22(19)34-6/h8-16,25H,7H2,1-6H3/b23-14-/t25-/m0/s1. The molecule has 1 aliphatic rings. The molecule has 0 fully saturated rings. The maximum absolute atomic E-state index is 13.8. The van der Waals surface area contributed by atoms with Gasteiger partial charge < -0.3 is 18.9 Å². The highest BCUT2D eigenvalue weighted by atomic mass is 32.1. The number of benzene rings is 2. The van der Waals surface area contributed by atoms with Crippen molar-refractivity contribution in [3.8, 4) is 17.2 Å². The molecule has 1 aromatic heterocycles. The molecule has 0 spiro atoms. The van der Waals surface area contributed by atoms with E-state index in [1.165, 1.54) is 11.3 Å². The summed E-state index contributed by atoms with van der Waals surface area (Å²) in [5.74, 6) is 1.43. The molecule has 0 N–H and O–H groups in total. The van der Waals surface area contributed by atoms with Crippen LogP contribution in [0, 0.1) is 0 Å². The van der Waals surface area contributed by atoms with Crippen LogP contribution in [0.15, 0.2) is 63.5 Å². The quantitative estimate of drug-likeness (QED) is 0.420. The minimum absolute atomic E-state index is 0.0238. The van der Waals surface area contributed by atoms with Crippen LogP contribution in [0.3, 0.4) is 0 Å². The van der Waals surface area contributed by atoms with Crippen LogP contribution in [0.4, 0.5) is 0 Å². The fourth-order valence-electron chi connectivity index (χ4n) is 4.19. The van der Waals surface area contributed by atoms with E-state index in [0.29, 0.717) is 37.9 Å². The lowest BCUT2D eigenvalue weighted by atomic mass is 9.96. The average molecular weight is 523 g/mol. The van der Waals surface area contributed by atoms with E-state index in [2.05, 4.69) is 4.99 Å². The first-order valence-corrected chi connectivity index (χ1v) is 12.8. The Hall–Kier alpha value is -3.85. The van der Waals surface area contributed by atoms with Gasteiger partial charge in [-0.05, 0) is 63.6 Å². The van der Waals surface area contributed by atoms with Crippen molar-refractivity contribution in [2.75, 3.05) is 20.8 Å². The maximum atomic E-state index is 13.8. The van der Waals surface area contributed by atoms with E-state index in [0.717, 1.165) is 11.1 Å². The van der Waals surface area contributed by atoms with Crippen molar-refractivity contribution in [1.29, 1.82) is 0 Å². The van der Waals surface area contributed by atoms with E-state index in [1.807, 2.05) is 44.2 Å². The van der Waals surface area contributed by atoms with Crippen LogP contribution in [0.1, 0.15) is 44.9 Å². The minimum Gasteiger partial charge on any atom is -0.497 e. The number of carbonyl (C=O) groups is 1. The molecule has 1 atom stereocenters. The van der Waals surface area contributed by atoms with E-state index in [4.69, 9.17) is 18.9 Å². The number of hydrogen-bond acceptors (Lipinski definition) is 8. The third-order valence-electron chi connectivity index (χ3n) is 5.81. The molecule has 0 saturated carbocycles. The number of nitrogens with zero attached hydrogens (tertiary/aromatic N) is 2. The summed E-state index contributed by atoms with van der Waals surface area (Å²) in [6.07, 6.45) is 1.79. The van der Waals surface area contributed by atoms with E-state index in [9.17, 15) is 9.59 Å². The zero-order chi connectivity index (χ0) is 26.7. The van der Waals surface area contributed by atoms with E-state index in [1.54, 1.807) is 50.8 Å². The Balaban J connectivity index is 1.90. The second kappa shape index (κ2) is 11.0. The van der Waals surface area contributed by atoms with Crippen LogP contribution in [0.2, 0.25) is 0 Å².